The van der Waals surface area contributed by atoms with E-state index in [1.165, 1.54) is 0 Å². The second-order valence-electron chi connectivity index (χ2n) is 4.58. The van der Waals surface area contributed by atoms with Crippen molar-refractivity contribution >= 4 is 29.4 Å². The van der Waals surface area contributed by atoms with Gasteiger partial charge in [0, 0.05) is 18.0 Å². The van der Waals surface area contributed by atoms with Crippen LogP contribution < -0.4 is 5.32 Å². The molecule has 0 saturated carbocycles. The van der Waals surface area contributed by atoms with E-state index in [1.807, 2.05) is 0 Å². The van der Waals surface area contributed by atoms with Gasteiger partial charge < -0.3 is 0 Å². The molecule has 5 nitrogen and oxygen atoms in total. The van der Waals surface area contributed by atoms with Gasteiger partial charge in [-0.15, -0.1) is 12.3 Å². The highest BCUT2D eigenvalue weighted by molar-refractivity contribution is 6.30. The van der Waals surface area contributed by atoms with Crippen LogP contribution in [-0.2, 0) is 9.59 Å². The van der Waals surface area contributed by atoms with E-state index in [1.54, 1.807) is 24.3 Å². The highest BCUT2D eigenvalue weighted by atomic mass is 35.5. The van der Waals surface area contributed by atoms with Crippen LogP contribution in [0.15, 0.2) is 24.3 Å². The van der Waals surface area contributed by atoms with Gasteiger partial charge in [0.25, 0.3) is 0 Å². The lowest BCUT2D eigenvalue weighted by molar-refractivity contribution is -0.138. The molecule has 0 aromatic heterocycles. The summed E-state index contributed by atoms with van der Waals surface area (Å²) in [6.45, 7) is 0.180. The molecule has 6 heteroatoms. The first kappa shape index (κ1) is 15.1. The summed E-state index contributed by atoms with van der Waals surface area (Å²) in [7, 11) is 0. The highest BCUT2D eigenvalue weighted by Gasteiger charge is 2.40. The maximum absolute atomic E-state index is 12.4. The maximum atomic E-state index is 12.4. The molecule has 1 aliphatic heterocycles. The molecule has 1 N–H and O–H groups in total. The third kappa shape index (κ3) is 3.23. The molecule has 0 spiro atoms. The predicted molar refractivity (Wildman–Crippen MR) is 77.5 cm³/mol. The second kappa shape index (κ2) is 6.42. The standard InChI is InChI=1S/C15H13ClN2O3/c1-2-3-4-8-18-14(20)12(13(19)17-15(18)21)10-6-5-7-11(16)9-10/h1,5-7,9,12H,3-4,8H2,(H,17,19,21). The molecule has 4 amide bonds. The maximum Gasteiger partial charge on any atom is 0.330 e. The molecule has 21 heavy (non-hydrogen) atoms. The zero-order chi connectivity index (χ0) is 15.4. The zero-order valence-corrected chi connectivity index (χ0v) is 11.9. The molecule has 1 unspecified atom stereocenters. The lowest BCUT2D eigenvalue weighted by Crippen LogP contribution is -2.56. The first-order valence-corrected chi connectivity index (χ1v) is 6.77. The van der Waals surface area contributed by atoms with Crippen molar-refractivity contribution in [1.82, 2.24) is 10.2 Å². The number of imide groups is 2. The summed E-state index contributed by atoms with van der Waals surface area (Å²) >= 11 is 5.88. The summed E-state index contributed by atoms with van der Waals surface area (Å²) in [6, 6.07) is 5.76. The van der Waals surface area contributed by atoms with Crippen LogP contribution in [0, 0.1) is 12.3 Å². The van der Waals surface area contributed by atoms with Gasteiger partial charge in [-0.1, -0.05) is 23.7 Å². The van der Waals surface area contributed by atoms with Gasteiger partial charge in [0.15, 0.2) is 0 Å². The van der Waals surface area contributed by atoms with E-state index >= 15 is 0 Å². The van der Waals surface area contributed by atoms with Gasteiger partial charge in [-0.05, 0) is 24.1 Å². The second-order valence-corrected chi connectivity index (χ2v) is 5.02. The molecule has 0 bridgehead atoms. The number of carbonyl (C=O) groups excluding carboxylic acids is 3. The number of urea groups is 1. The first-order valence-electron chi connectivity index (χ1n) is 6.39. The van der Waals surface area contributed by atoms with E-state index in [4.69, 9.17) is 18.0 Å². The molecule has 1 aliphatic rings. The van der Waals surface area contributed by atoms with Crippen LogP contribution in [0.25, 0.3) is 0 Å². The highest BCUT2D eigenvalue weighted by Crippen LogP contribution is 2.25. The fourth-order valence-corrected chi connectivity index (χ4v) is 2.34. The Morgan fingerprint density at radius 3 is 2.76 bits per heavy atom. The van der Waals surface area contributed by atoms with Crippen molar-refractivity contribution in [2.24, 2.45) is 0 Å². The van der Waals surface area contributed by atoms with Crippen LogP contribution in [0.5, 0.6) is 0 Å². The Balaban J connectivity index is 2.25. The molecule has 1 aromatic carbocycles. The fourth-order valence-electron chi connectivity index (χ4n) is 2.14. The topological polar surface area (TPSA) is 66.5 Å². The minimum absolute atomic E-state index is 0.180. The lowest BCUT2D eigenvalue weighted by Gasteiger charge is -2.30. The number of rotatable bonds is 4. The predicted octanol–water partition coefficient (Wildman–Crippen LogP) is 1.92. The number of terminal acetylenes is 1. The molecule has 1 fully saturated rings. The van der Waals surface area contributed by atoms with Crippen LogP contribution in [0.2, 0.25) is 5.02 Å². The Hall–Kier alpha value is -2.32. The molecule has 1 atom stereocenters. The number of benzene rings is 1. The van der Waals surface area contributed by atoms with Crippen LogP contribution in [0.3, 0.4) is 0 Å². The van der Waals surface area contributed by atoms with Crippen molar-refractivity contribution in [3.8, 4) is 12.3 Å². The Kier molecular flexibility index (Phi) is 4.61. The molecule has 1 aromatic rings. The van der Waals surface area contributed by atoms with Crippen molar-refractivity contribution in [3.05, 3.63) is 34.9 Å². The Morgan fingerprint density at radius 2 is 2.10 bits per heavy atom. The van der Waals surface area contributed by atoms with E-state index < -0.39 is 23.8 Å². The summed E-state index contributed by atoms with van der Waals surface area (Å²) in [5, 5.41) is 2.61. The number of hydrogen-bond donors (Lipinski definition) is 1. The van der Waals surface area contributed by atoms with Crippen LogP contribution in [0.1, 0.15) is 24.3 Å². The van der Waals surface area contributed by atoms with Gasteiger partial charge in [0.05, 0.1) is 0 Å². The number of nitrogens with one attached hydrogen (secondary N) is 1. The molecule has 1 saturated heterocycles. The van der Waals surface area contributed by atoms with Crippen LogP contribution >= 0.6 is 11.6 Å². The van der Waals surface area contributed by atoms with Gasteiger partial charge in [-0.2, -0.15) is 0 Å². The minimum atomic E-state index is -1.06. The molecule has 0 radical (unpaired) electrons. The third-order valence-electron chi connectivity index (χ3n) is 3.14. The molecule has 108 valence electrons. The summed E-state index contributed by atoms with van der Waals surface area (Å²) < 4.78 is 0. The van der Waals surface area contributed by atoms with Crippen LogP contribution in [0.4, 0.5) is 4.79 Å². The number of hydrogen-bond acceptors (Lipinski definition) is 3. The van der Waals surface area contributed by atoms with Crippen molar-refractivity contribution in [1.29, 1.82) is 0 Å². The summed E-state index contributed by atoms with van der Waals surface area (Å²) in [5.41, 5.74) is 0.458. The van der Waals surface area contributed by atoms with Gasteiger partial charge >= 0.3 is 6.03 Å². The van der Waals surface area contributed by atoms with Gasteiger partial charge in [0.2, 0.25) is 11.8 Å². The Morgan fingerprint density at radius 1 is 1.33 bits per heavy atom. The van der Waals surface area contributed by atoms with Crippen molar-refractivity contribution in [3.63, 3.8) is 0 Å². The van der Waals surface area contributed by atoms with E-state index in [-0.39, 0.29) is 6.54 Å². The molecular weight excluding hydrogens is 292 g/mol. The number of barbiturate groups is 1. The summed E-state index contributed by atoms with van der Waals surface area (Å²) in [6.07, 6.45) is 6.09. The number of unbranched alkanes of at least 4 members (excludes halogenated alkanes) is 1. The number of halogens is 1. The van der Waals surface area contributed by atoms with Gasteiger partial charge in [-0.25, -0.2) is 4.79 Å². The average molecular weight is 305 g/mol. The zero-order valence-electron chi connectivity index (χ0n) is 11.1. The number of carbonyl (C=O) groups is 3. The monoisotopic (exact) mass is 304 g/mol. The number of amides is 4. The minimum Gasteiger partial charge on any atom is -0.277 e. The van der Waals surface area contributed by atoms with Crippen LogP contribution in [-0.4, -0.2) is 29.3 Å². The van der Waals surface area contributed by atoms with Crippen molar-refractivity contribution in [2.45, 2.75) is 18.8 Å². The molecule has 2 rings (SSSR count). The van der Waals surface area contributed by atoms with E-state index in [9.17, 15) is 14.4 Å². The van der Waals surface area contributed by atoms with Crippen molar-refractivity contribution in [2.75, 3.05) is 6.54 Å². The summed E-state index contributed by atoms with van der Waals surface area (Å²) in [4.78, 5) is 37.1. The Labute approximate surface area is 127 Å². The Bertz CT molecular complexity index is 636. The normalized spacial score (nSPS) is 18.4. The largest absolute Gasteiger partial charge is 0.330 e. The fraction of sp³-hybridized carbons (Fsp3) is 0.267. The first-order chi connectivity index (χ1) is 10.0. The number of nitrogens with zero attached hydrogens (tertiary/aromatic N) is 1. The average Bonchev–Trinajstić information content (AvgIpc) is 2.42. The van der Waals surface area contributed by atoms with Gasteiger partial charge in [0.1, 0.15) is 5.92 Å². The SMILES string of the molecule is C#CCCCN1C(=O)NC(=O)C(c2cccc(Cl)c2)C1=O. The molecule has 1 heterocycles. The van der Waals surface area contributed by atoms with E-state index in [0.29, 0.717) is 23.4 Å². The van der Waals surface area contributed by atoms with Crippen molar-refractivity contribution < 1.29 is 14.4 Å². The van der Waals surface area contributed by atoms with E-state index in [0.717, 1.165) is 4.90 Å². The smallest absolute Gasteiger partial charge is 0.277 e. The molecular formula is C15H13ClN2O3. The quantitative estimate of drug-likeness (QED) is 0.525. The third-order valence-corrected chi connectivity index (χ3v) is 3.37. The lowest BCUT2D eigenvalue weighted by atomic mass is 9.95. The van der Waals surface area contributed by atoms with E-state index in [2.05, 4.69) is 11.2 Å². The summed E-state index contributed by atoms with van der Waals surface area (Å²) in [5.74, 6) is 0.188. The van der Waals surface area contributed by atoms with Gasteiger partial charge in [-0.3, -0.25) is 19.8 Å². The molecule has 0 aliphatic carbocycles.